The van der Waals surface area contributed by atoms with Gasteiger partial charge in [0.05, 0.1) is 6.54 Å². The second kappa shape index (κ2) is 4.49. The third-order valence-electron chi connectivity index (χ3n) is 2.98. The van der Waals surface area contributed by atoms with Crippen molar-refractivity contribution in [1.82, 2.24) is 10.2 Å². The maximum Gasteiger partial charge on any atom is 0.245 e. The summed E-state index contributed by atoms with van der Waals surface area (Å²) in [5, 5.41) is 2.67. The minimum atomic E-state index is -0.417. The number of nitrogens with zero attached hydrogens (tertiary/aromatic N) is 1. The first-order valence-corrected chi connectivity index (χ1v) is 6.47. The molecule has 2 atom stereocenters. The number of amides is 2. The highest BCUT2D eigenvalue weighted by atomic mass is 32.1. The molecule has 1 aromatic heterocycles. The number of carbonyl (C=O) groups is 2. The average Bonchev–Trinajstić information content (AvgIpc) is 2.68. The number of hydrogen-bond acceptors (Lipinski definition) is 3. The van der Waals surface area contributed by atoms with Crippen molar-refractivity contribution in [2.45, 2.75) is 39.4 Å². The third kappa shape index (κ3) is 2.34. The Morgan fingerprint density at radius 3 is 2.65 bits per heavy atom. The Bertz CT molecular complexity index is 455. The van der Waals surface area contributed by atoms with Gasteiger partial charge in [0.25, 0.3) is 0 Å². The Labute approximate surface area is 105 Å². The minimum absolute atomic E-state index is 0.0110. The molecular weight excluding hydrogens is 236 g/mol. The largest absolute Gasteiger partial charge is 0.343 e. The Morgan fingerprint density at radius 1 is 1.35 bits per heavy atom. The lowest BCUT2D eigenvalue weighted by atomic mass is 10.1. The molecule has 1 N–H and O–H groups in total. The summed E-state index contributed by atoms with van der Waals surface area (Å²) in [6.07, 6.45) is 0. The van der Waals surface area contributed by atoms with Crippen LogP contribution < -0.4 is 5.32 Å². The zero-order valence-corrected chi connectivity index (χ0v) is 11.0. The highest BCUT2D eigenvalue weighted by Gasteiger charge is 2.35. The standard InChI is InChI=1S/C12H16N2O2S/c1-7-4-5-10(17-7)6-14-9(3)11(15)13-8(2)12(14)16/h4-5,8-9H,6H2,1-3H3,(H,13,15). The lowest BCUT2D eigenvalue weighted by molar-refractivity contribution is -0.148. The molecule has 1 aliphatic rings. The van der Waals surface area contributed by atoms with Gasteiger partial charge in [0, 0.05) is 9.75 Å². The Kier molecular flexibility index (Phi) is 3.19. The predicted molar refractivity (Wildman–Crippen MR) is 66.7 cm³/mol. The molecule has 17 heavy (non-hydrogen) atoms. The average molecular weight is 252 g/mol. The predicted octanol–water partition coefficient (Wildman–Crippen LogP) is 1.29. The first-order chi connectivity index (χ1) is 7.99. The van der Waals surface area contributed by atoms with Gasteiger partial charge < -0.3 is 10.2 Å². The van der Waals surface area contributed by atoms with E-state index < -0.39 is 6.04 Å². The van der Waals surface area contributed by atoms with Gasteiger partial charge >= 0.3 is 0 Å². The molecule has 0 aromatic carbocycles. The van der Waals surface area contributed by atoms with Crippen LogP contribution in [0.4, 0.5) is 0 Å². The molecule has 1 fully saturated rings. The van der Waals surface area contributed by atoms with Crippen molar-refractivity contribution < 1.29 is 9.59 Å². The van der Waals surface area contributed by atoms with Crippen molar-refractivity contribution in [3.8, 4) is 0 Å². The van der Waals surface area contributed by atoms with E-state index in [1.165, 1.54) is 4.88 Å². The van der Waals surface area contributed by atoms with Crippen molar-refractivity contribution in [3.05, 3.63) is 21.9 Å². The summed E-state index contributed by atoms with van der Waals surface area (Å²) in [6.45, 7) is 6.04. The van der Waals surface area contributed by atoms with Crippen LogP contribution in [0.15, 0.2) is 12.1 Å². The summed E-state index contributed by atoms with van der Waals surface area (Å²) in [5.41, 5.74) is 0. The normalized spacial score (nSPS) is 25.0. The number of hydrogen-bond donors (Lipinski definition) is 1. The number of carbonyl (C=O) groups excluding carboxylic acids is 2. The fraction of sp³-hybridized carbons (Fsp3) is 0.500. The summed E-state index contributed by atoms with van der Waals surface area (Å²) in [7, 11) is 0. The van der Waals surface area contributed by atoms with Crippen LogP contribution >= 0.6 is 11.3 Å². The van der Waals surface area contributed by atoms with Crippen LogP contribution in [0, 0.1) is 6.92 Å². The molecule has 5 heteroatoms. The summed E-state index contributed by atoms with van der Waals surface area (Å²) in [5.74, 6) is -0.0893. The van der Waals surface area contributed by atoms with E-state index in [1.54, 1.807) is 30.1 Å². The van der Waals surface area contributed by atoms with E-state index in [9.17, 15) is 9.59 Å². The van der Waals surface area contributed by atoms with Crippen LogP contribution in [0.2, 0.25) is 0 Å². The maximum atomic E-state index is 12.0. The molecule has 0 spiro atoms. The van der Waals surface area contributed by atoms with Gasteiger partial charge in [-0.3, -0.25) is 9.59 Å². The number of nitrogens with one attached hydrogen (secondary N) is 1. The Morgan fingerprint density at radius 2 is 2.06 bits per heavy atom. The molecule has 0 saturated carbocycles. The second-order valence-corrected chi connectivity index (χ2v) is 5.76. The molecule has 0 radical (unpaired) electrons. The van der Waals surface area contributed by atoms with E-state index in [4.69, 9.17) is 0 Å². The summed E-state index contributed by atoms with van der Waals surface area (Å²) >= 11 is 1.66. The van der Waals surface area contributed by atoms with Gasteiger partial charge in [0.2, 0.25) is 11.8 Å². The molecule has 2 heterocycles. The van der Waals surface area contributed by atoms with Crippen LogP contribution in [0.3, 0.4) is 0 Å². The highest BCUT2D eigenvalue weighted by Crippen LogP contribution is 2.20. The molecule has 2 unspecified atom stereocenters. The Balaban J connectivity index is 2.17. The topological polar surface area (TPSA) is 49.4 Å². The molecular formula is C12H16N2O2S. The molecule has 1 saturated heterocycles. The molecule has 2 amide bonds. The van der Waals surface area contributed by atoms with Crippen LogP contribution in [0.25, 0.3) is 0 Å². The van der Waals surface area contributed by atoms with E-state index in [1.807, 2.05) is 19.1 Å². The lowest BCUT2D eigenvalue weighted by Crippen LogP contribution is -2.60. The van der Waals surface area contributed by atoms with Crippen molar-refractivity contribution >= 4 is 23.2 Å². The van der Waals surface area contributed by atoms with E-state index in [0.29, 0.717) is 6.54 Å². The number of aryl methyl sites for hydroxylation is 1. The van der Waals surface area contributed by atoms with Crippen LogP contribution in [-0.4, -0.2) is 28.8 Å². The molecule has 2 rings (SSSR count). The summed E-state index contributed by atoms with van der Waals surface area (Å²) < 4.78 is 0. The first-order valence-electron chi connectivity index (χ1n) is 5.65. The smallest absolute Gasteiger partial charge is 0.245 e. The number of piperazine rings is 1. The van der Waals surface area contributed by atoms with E-state index >= 15 is 0 Å². The van der Waals surface area contributed by atoms with E-state index in [0.717, 1.165) is 4.88 Å². The number of rotatable bonds is 2. The van der Waals surface area contributed by atoms with E-state index in [2.05, 4.69) is 5.32 Å². The summed E-state index contributed by atoms with van der Waals surface area (Å²) in [4.78, 5) is 27.6. The lowest BCUT2D eigenvalue weighted by Gasteiger charge is -2.35. The van der Waals surface area contributed by atoms with Gasteiger partial charge in [-0.25, -0.2) is 0 Å². The zero-order valence-electron chi connectivity index (χ0n) is 10.2. The van der Waals surface area contributed by atoms with Crippen molar-refractivity contribution in [2.24, 2.45) is 0 Å². The highest BCUT2D eigenvalue weighted by molar-refractivity contribution is 7.11. The molecule has 0 bridgehead atoms. The molecule has 1 aliphatic heterocycles. The van der Waals surface area contributed by atoms with Gasteiger partial charge in [-0.15, -0.1) is 11.3 Å². The zero-order chi connectivity index (χ0) is 12.6. The van der Waals surface area contributed by atoms with Crippen molar-refractivity contribution in [1.29, 1.82) is 0 Å². The van der Waals surface area contributed by atoms with Gasteiger partial charge in [0.1, 0.15) is 12.1 Å². The van der Waals surface area contributed by atoms with Crippen LogP contribution in [-0.2, 0) is 16.1 Å². The van der Waals surface area contributed by atoms with Gasteiger partial charge in [-0.1, -0.05) is 0 Å². The van der Waals surface area contributed by atoms with E-state index in [-0.39, 0.29) is 17.9 Å². The van der Waals surface area contributed by atoms with Gasteiger partial charge in [0.15, 0.2) is 0 Å². The van der Waals surface area contributed by atoms with Crippen LogP contribution in [0.5, 0.6) is 0 Å². The maximum absolute atomic E-state index is 12.0. The second-order valence-electron chi connectivity index (χ2n) is 4.38. The number of thiophene rings is 1. The molecule has 1 aromatic rings. The minimum Gasteiger partial charge on any atom is -0.343 e. The van der Waals surface area contributed by atoms with Gasteiger partial charge in [-0.05, 0) is 32.9 Å². The van der Waals surface area contributed by atoms with Gasteiger partial charge in [-0.2, -0.15) is 0 Å². The fourth-order valence-corrected chi connectivity index (χ4v) is 2.82. The summed E-state index contributed by atoms with van der Waals surface area (Å²) in [6, 6.07) is 3.24. The fourth-order valence-electron chi connectivity index (χ4n) is 1.93. The van der Waals surface area contributed by atoms with Crippen LogP contribution in [0.1, 0.15) is 23.6 Å². The monoisotopic (exact) mass is 252 g/mol. The quantitative estimate of drug-likeness (QED) is 0.862. The third-order valence-corrected chi connectivity index (χ3v) is 3.97. The molecule has 92 valence electrons. The molecule has 4 nitrogen and oxygen atoms in total. The van der Waals surface area contributed by atoms with Crippen molar-refractivity contribution in [2.75, 3.05) is 0 Å². The first kappa shape index (κ1) is 12.1. The SMILES string of the molecule is Cc1ccc(CN2C(=O)C(C)NC(=O)C2C)s1. The Hall–Kier alpha value is -1.36. The van der Waals surface area contributed by atoms with Crippen molar-refractivity contribution in [3.63, 3.8) is 0 Å². The molecule has 0 aliphatic carbocycles.